The maximum atomic E-state index is 8.78. The van der Waals surface area contributed by atoms with Crippen LogP contribution in [0.15, 0.2) is 28.7 Å². The van der Waals surface area contributed by atoms with Crippen LogP contribution in [-0.2, 0) is 0 Å². The van der Waals surface area contributed by atoms with Crippen LogP contribution in [-0.4, -0.2) is 5.11 Å². The van der Waals surface area contributed by atoms with Crippen LogP contribution in [0.3, 0.4) is 0 Å². The van der Waals surface area contributed by atoms with E-state index in [2.05, 4.69) is 15.9 Å². The zero-order chi connectivity index (χ0) is 7.98. The minimum absolute atomic E-state index is 0.291. The Morgan fingerprint density at radius 2 is 1.90 bits per heavy atom. The fourth-order valence-electron chi connectivity index (χ4n) is 0.476. The molecule has 1 aromatic carbocycles. The van der Waals surface area contributed by atoms with E-state index in [0.29, 0.717) is 5.75 Å². The second kappa shape index (κ2) is 5.30. The van der Waals surface area contributed by atoms with Gasteiger partial charge < -0.3 is 5.11 Å². The van der Waals surface area contributed by atoms with Crippen molar-refractivity contribution >= 4 is 15.9 Å². The van der Waals surface area contributed by atoms with E-state index in [1.165, 1.54) is 0 Å². The SMILES string of the molecule is CC.Oc1cccc(Br)c1. The van der Waals surface area contributed by atoms with Crippen molar-refractivity contribution in [3.63, 3.8) is 0 Å². The van der Waals surface area contributed by atoms with E-state index in [9.17, 15) is 0 Å². The molecule has 0 saturated carbocycles. The molecule has 1 nitrogen and oxygen atoms in total. The van der Waals surface area contributed by atoms with E-state index in [1.54, 1.807) is 18.2 Å². The molecule has 1 aromatic rings. The molecule has 0 fully saturated rings. The Morgan fingerprint density at radius 1 is 1.30 bits per heavy atom. The Hall–Kier alpha value is -0.500. The predicted octanol–water partition coefficient (Wildman–Crippen LogP) is 3.18. The van der Waals surface area contributed by atoms with Gasteiger partial charge in [0.25, 0.3) is 0 Å². The van der Waals surface area contributed by atoms with Gasteiger partial charge in [-0.3, -0.25) is 0 Å². The molecule has 0 spiro atoms. The molecule has 0 aromatic heterocycles. The van der Waals surface area contributed by atoms with Gasteiger partial charge in [-0.25, -0.2) is 0 Å². The molecule has 56 valence electrons. The molecule has 0 atom stereocenters. The molecule has 0 bridgehead atoms. The van der Waals surface area contributed by atoms with Gasteiger partial charge in [0.05, 0.1) is 0 Å². The normalized spacial score (nSPS) is 7.90. The number of rotatable bonds is 0. The molecule has 0 aliphatic rings. The summed E-state index contributed by atoms with van der Waals surface area (Å²) in [6.07, 6.45) is 0. The highest BCUT2D eigenvalue weighted by Gasteiger charge is 1.84. The number of benzene rings is 1. The molecule has 0 unspecified atom stereocenters. The second-order valence-electron chi connectivity index (χ2n) is 1.48. The first-order chi connectivity index (χ1) is 4.79. The lowest BCUT2D eigenvalue weighted by atomic mass is 10.3. The summed E-state index contributed by atoms with van der Waals surface area (Å²) in [5, 5.41) is 8.78. The summed E-state index contributed by atoms with van der Waals surface area (Å²) in [5.74, 6) is 0.291. The topological polar surface area (TPSA) is 20.2 Å². The minimum Gasteiger partial charge on any atom is -0.508 e. The first-order valence-corrected chi connectivity index (χ1v) is 4.03. The van der Waals surface area contributed by atoms with Crippen LogP contribution in [0.2, 0.25) is 0 Å². The van der Waals surface area contributed by atoms with Gasteiger partial charge in [-0.15, -0.1) is 0 Å². The molecule has 1 rings (SSSR count). The fraction of sp³-hybridized carbons (Fsp3) is 0.250. The molecule has 0 aliphatic carbocycles. The molecule has 0 aliphatic heterocycles. The summed E-state index contributed by atoms with van der Waals surface area (Å²) in [6, 6.07) is 6.91. The Bertz CT molecular complexity index is 169. The van der Waals surface area contributed by atoms with Crippen LogP contribution < -0.4 is 0 Å². The largest absolute Gasteiger partial charge is 0.508 e. The molecule has 0 saturated heterocycles. The molecular weight excluding hydrogens is 192 g/mol. The average Bonchev–Trinajstić information content (AvgIpc) is 1.91. The third-order valence-electron chi connectivity index (χ3n) is 0.808. The zero-order valence-electron chi connectivity index (χ0n) is 6.13. The maximum absolute atomic E-state index is 8.78. The Kier molecular flexibility index (Phi) is 5.03. The monoisotopic (exact) mass is 202 g/mol. The van der Waals surface area contributed by atoms with Crippen LogP contribution >= 0.6 is 15.9 Å². The smallest absolute Gasteiger partial charge is 0.116 e. The molecule has 1 N–H and O–H groups in total. The van der Waals surface area contributed by atoms with Gasteiger partial charge in [0.15, 0.2) is 0 Å². The fourth-order valence-corrected chi connectivity index (χ4v) is 0.863. The van der Waals surface area contributed by atoms with E-state index >= 15 is 0 Å². The van der Waals surface area contributed by atoms with E-state index in [1.807, 2.05) is 19.9 Å². The van der Waals surface area contributed by atoms with E-state index < -0.39 is 0 Å². The molecule has 0 heterocycles. The highest BCUT2D eigenvalue weighted by atomic mass is 79.9. The van der Waals surface area contributed by atoms with Crippen molar-refractivity contribution in [2.24, 2.45) is 0 Å². The average molecular weight is 203 g/mol. The van der Waals surface area contributed by atoms with Gasteiger partial charge in [0.2, 0.25) is 0 Å². The molecule has 0 amide bonds. The summed E-state index contributed by atoms with van der Waals surface area (Å²) in [4.78, 5) is 0. The maximum Gasteiger partial charge on any atom is 0.116 e. The first kappa shape index (κ1) is 9.50. The van der Waals surface area contributed by atoms with Crippen molar-refractivity contribution in [1.82, 2.24) is 0 Å². The van der Waals surface area contributed by atoms with Crippen molar-refractivity contribution < 1.29 is 5.11 Å². The number of phenols is 1. The van der Waals surface area contributed by atoms with Gasteiger partial charge in [-0.1, -0.05) is 35.8 Å². The van der Waals surface area contributed by atoms with Crippen LogP contribution in [0.4, 0.5) is 0 Å². The van der Waals surface area contributed by atoms with Crippen molar-refractivity contribution in [2.45, 2.75) is 13.8 Å². The lowest BCUT2D eigenvalue weighted by molar-refractivity contribution is 0.475. The summed E-state index contributed by atoms with van der Waals surface area (Å²) < 4.78 is 0.900. The van der Waals surface area contributed by atoms with E-state index in [0.717, 1.165) is 4.47 Å². The van der Waals surface area contributed by atoms with Gasteiger partial charge >= 0.3 is 0 Å². The summed E-state index contributed by atoms with van der Waals surface area (Å²) >= 11 is 3.20. The van der Waals surface area contributed by atoms with Crippen molar-refractivity contribution in [2.75, 3.05) is 0 Å². The van der Waals surface area contributed by atoms with Crippen LogP contribution in [0, 0.1) is 0 Å². The molecular formula is C8H11BrO. The minimum atomic E-state index is 0.291. The van der Waals surface area contributed by atoms with E-state index in [4.69, 9.17) is 5.11 Å². The predicted molar refractivity (Wildman–Crippen MR) is 47.2 cm³/mol. The summed E-state index contributed by atoms with van der Waals surface area (Å²) in [7, 11) is 0. The quantitative estimate of drug-likeness (QED) is 0.686. The summed E-state index contributed by atoms with van der Waals surface area (Å²) in [6.45, 7) is 4.00. The van der Waals surface area contributed by atoms with E-state index in [-0.39, 0.29) is 0 Å². The van der Waals surface area contributed by atoms with Gasteiger partial charge in [-0.05, 0) is 18.2 Å². The number of aromatic hydroxyl groups is 1. The lowest BCUT2D eigenvalue weighted by Crippen LogP contribution is -1.61. The molecule has 10 heavy (non-hydrogen) atoms. The highest BCUT2D eigenvalue weighted by molar-refractivity contribution is 9.10. The van der Waals surface area contributed by atoms with Crippen LogP contribution in [0.25, 0.3) is 0 Å². The van der Waals surface area contributed by atoms with Crippen molar-refractivity contribution in [1.29, 1.82) is 0 Å². The highest BCUT2D eigenvalue weighted by Crippen LogP contribution is 2.15. The standard InChI is InChI=1S/C6H5BrO.C2H6/c7-5-2-1-3-6(8)4-5;1-2/h1-4,8H;1-2H3. The first-order valence-electron chi connectivity index (χ1n) is 3.23. The zero-order valence-corrected chi connectivity index (χ0v) is 7.72. The Morgan fingerprint density at radius 3 is 2.20 bits per heavy atom. The molecule has 0 radical (unpaired) electrons. The van der Waals surface area contributed by atoms with Crippen molar-refractivity contribution in [3.05, 3.63) is 28.7 Å². The second-order valence-corrected chi connectivity index (χ2v) is 2.40. The number of hydrogen-bond acceptors (Lipinski definition) is 1. The molecule has 2 heteroatoms. The number of phenolic OH excluding ortho intramolecular Hbond substituents is 1. The lowest BCUT2D eigenvalue weighted by Gasteiger charge is -1.88. The van der Waals surface area contributed by atoms with Crippen LogP contribution in [0.1, 0.15) is 13.8 Å². The number of hydrogen-bond donors (Lipinski definition) is 1. The van der Waals surface area contributed by atoms with Crippen molar-refractivity contribution in [3.8, 4) is 5.75 Å². The Labute approximate surface area is 69.8 Å². The third kappa shape index (κ3) is 3.51. The van der Waals surface area contributed by atoms with Gasteiger partial charge in [-0.2, -0.15) is 0 Å². The van der Waals surface area contributed by atoms with Gasteiger partial charge in [0, 0.05) is 4.47 Å². The Balaban J connectivity index is 0.000000371. The van der Waals surface area contributed by atoms with Gasteiger partial charge in [0.1, 0.15) is 5.75 Å². The third-order valence-corrected chi connectivity index (χ3v) is 1.30. The number of halogens is 1. The summed E-state index contributed by atoms with van der Waals surface area (Å²) in [5.41, 5.74) is 0. The van der Waals surface area contributed by atoms with Crippen LogP contribution in [0.5, 0.6) is 5.75 Å².